The van der Waals surface area contributed by atoms with E-state index in [4.69, 9.17) is 0 Å². The average molecular weight is 427 g/mol. The molecule has 3 aromatic carbocycles. The maximum Gasteiger partial charge on any atom is 0.321 e. The largest absolute Gasteiger partial charge is 0.339 e. The van der Waals surface area contributed by atoms with E-state index in [-0.39, 0.29) is 11.9 Å². The molecule has 0 atom stereocenters. The van der Waals surface area contributed by atoms with E-state index in [1.54, 1.807) is 4.90 Å². The van der Waals surface area contributed by atoms with Crippen LogP contribution >= 0.6 is 0 Å². The normalized spacial score (nSPS) is 17.3. The summed E-state index contributed by atoms with van der Waals surface area (Å²) in [6.07, 6.45) is 1.21. The van der Waals surface area contributed by atoms with Crippen LogP contribution in [0.15, 0.2) is 84.9 Å². The molecule has 0 radical (unpaired) electrons. The smallest absolute Gasteiger partial charge is 0.321 e. The van der Waals surface area contributed by atoms with Crippen molar-refractivity contribution in [1.29, 1.82) is 0 Å². The van der Waals surface area contributed by atoms with Gasteiger partial charge in [0.25, 0.3) is 0 Å². The summed E-state index contributed by atoms with van der Waals surface area (Å²) in [5, 5.41) is 6.00. The van der Waals surface area contributed by atoms with Crippen molar-refractivity contribution in [2.24, 2.45) is 0 Å². The highest BCUT2D eigenvalue weighted by atomic mass is 16.2. The summed E-state index contributed by atoms with van der Waals surface area (Å²) < 4.78 is 0. The van der Waals surface area contributed by atoms with Crippen molar-refractivity contribution in [1.82, 2.24) is 10.2 Å². The number of piperidine rings is 1. The molecule has 1 spiro atoms. The summed E-state index contributed by atoms with van der Waals surface area (Å²) in [4.78, 5) is 29.6. The number of carbonyl (C=O) groups excluding carboxylic acids is 2. The lowest BCUT2D eigenvalue weighted by atomic mass is 9.85. The van der Waals surface area contributed by atoms with Crippen molar-refractivity contribution < 1.29 is 9.59 Å². The van der Waals surface area contributed by atoms with Gasteiger partial charge in [-0.1, -0.05) is 60.7 Å². The Labute approximate surface area is 187 Å². The summed E-state index contributed by atoms with van der Waals surface area (Å²) >= 11 is 0. The number of nitrogens with one attached hydrogen (secondary N) is 2. The van der Waals surface area contributed by atoms with Crippen LogP contribution in [0.2, 0.25) is 0 Å². The van der Waals surface area contributed by atoms with Gasteiger partial charge in [-0.25, -0.2) is 4.79 Å². The number of carbonyl (C=O) groups is 2. The molecule has 2 saturated heterocycles. The molecule has 0 unspecified atom stereocenters. The highest BCUT2D eigenvalue weighted by Crippen LogP contribution is 2.36. The van der Waals surface area contributed by atoms with E-state index in [2.05, 4.69) is 27.7 Å². The number of hydrogen-bond donors (Lipinski definition) is 2. The van der Waals surface area contributed by atoms with Crippen LogP contribution in [0.25, 0.3) is 11.1 Å². The highest BCUT2D eigenvalue weighted by Gasteiger charge is 2.50. The fourth-order valence-electron chi connectivity index (χ4n) is 4.69. The Morgan fingerprint density at radius 3 is 2.06 bits per heavy atom. The lowest BCUT2D eigenvalue weighted by Crippen LogP contribution is -2.57. The Hall–Kier alpha value is -3.80. The summed E-state index contributed by atoms with van der Waals surface area (Å²) in [7, 11) is 0. The van der Waals surface area contributed by atoms with Gasteiger partial charge < -0.3 is 20.4 Å². The first-order valence-corrected chi connectivity index (χ1v) is 11.0. The van der Waals surface area contributed by atoms with Crippen molar-refractivity contribution in [3.05, 3.63) is 84.9 Å². The number of rotatable bonds is 3. The van der Waals surface area contributed by atoms with Crippen LogP contribution in [-0.2, 0) is 4.79 Å². The minimum Gasteiger partial charge on any atom is -0.339 e. The number of para-hydroxylation sites is 1. The van der Waals surface area contributed by atoms with Gasteiger partial charge in [-0.2, -0.15) is 0 Å². The lowest BCUT2D eigenvalue weighted by Gasteiger charge is -2.43. The maximum atomic E-state index is 12.9. The number of hydrogen-bond acceptors (Lipinski definition) is 3. The molecule has 3 aromatic rings. The van der Waals surface area contributed by atoms with Gasteiger partial charge in [0, 0.05) is 24.5 Å². The molecule has 32 heavy (non-hydrogen) atoms. The van der Waals surface area contributed by atoms with E-state index < -0.39 is 5.54 Å². The van der Waals surface area contributed by atoms with Gasteiger partial charge >= 0.3 is 6.03 Å². The zero-order chi connectivity index (χ0) is 22.0. The van der Waals surface area contributed by atoms with Crippen LogP contribution in [0.5, 0.6) is 0 Å². The summed E-state index contributed by atoms with van der Waals surface area (Å²) in [6.45, 7) is 1.57. The van der Waals surface area contributed by atoms with Crippen molar-refractivity contribution in [2.45, 2.75) is 18.4 Å². The third-order valence-corrected chi connectivity index (χ3v) is 6.53. The van der Waals surface area contributed by atoms with Crippen LogP contribution in [0.1, 0.15) is 12.8 Å². The average Bonchev–Trinajstić information content (AvgIpc) is 3.16. The van der Waals surface area contributed by atoms with Crippen LogP contribution in [-0.4, -0.2) is 42.1 Å². The second-order valence-corrected chi connectivity index (χ2v) is 8.32. The van der Waals surface area contributed by atoms with Gasteiger partial charge in [0.2, 0.25) is 5.91 Å². The number of amides is 3. The van der Waals surface area contributed by atoms with E-state index in [0.29, 0.717) is 32.6 Å². The summed E-state index contributed by atoms with van der Waals surface area (Å²) in [6, 6.07) is 27.9. The minimum absolute atomic E-state index is 0.0536. The number of anilines is 2. The van der Waals surface area contributed by atoms with Crippen LogP contribution in [0.3, 0.4) is 0 Å². The first-order chi connectivity index (χ1) is 15.7. The molecule has 0 aliphatic carbocycles. The third kappa shape index (κ3) is 3.68. The van der Waals surface area contributed by atoms with Crippen molar-refractivity contribution >= 4 is 23.3 Å². The van der Waals surface area contributed by atoms with Crippen LogP contribution in [0.4, 0.5) is 16.2 Å². The molecule has 0 saturated carbocycles. The van der Waals surface area contributed by atoms with Crippen LogP contribution in [0, 0.1) is 0 Å². The summed E-state index contributed by atoms with van der Waals surface area (Å²) in [5.41, 5.74) is 3.46. The second-order valence-electron chi connectivity index (χ2n) is 8.32. The van der Waals surface area contributed by atoms with Crippen LogP contribution < -0.4 is 15.5 Å². The number of benzene rings is 3. The van der Waals surface area contributed by atoms with Gasteiger partial charge in [-0.15, -0.1) is 0 Å². The quantitative estimate of drug-likeness (QED) is 0.656. The number of urea groups is 1. The molecule has 5 rings (SSSR count). The first-order valence-electron chi connectivity index (χ1n) is 11.0. The molecule has 0 bridgehead atoms. The Morgan fingerprint density at radius 2 is 1.41 bits per heavy atom. The molecule has 6 heteroatoms. The SMILES string of the molecule is O=C(Nc1ccc(-c2ccccc2)cc1)N1CCC2(CC1)C(=O)NCN2c1ccccc1. The van der Waals surface area contributed by atoms with Gasteiger partial charge in [-0.05, 0) is 48.2 Å². The van der Waals surface area contributed by atoms with E-state index in [1.807, 2.05) is 72.8 Å². The van der Waals surface area contributed by atoms with Crippen molar-refractivity contribution in [3.8, 4) is 11.1 Å². The monoisotopic (exact) mass is 426 g/mol. The molecule has 2 N–H and O–H groups in total. The second kappa shape index (κ2) is 8.38. The number of nitrogens with zero attached hydrogens (tertiary/aromatic N) is 2. The fraction of sp³-hybridized carbons (Fsp3) is 0.231. The maximum absolute atomic E-state index is 12.9. The molecule has 3 amide bonds. The Kier molecular flexibility index (Phi) is 5.27. The minimum atomic E-state index is -0.588. The molecular formula is C26H26N4O2. The molecule has 2 heterocycles. The topological polar surface area (TPSA) is 64.7 Å². The Morgan fingerprint density at radius 1 is 0.812 bits per heavy atom. The predicted molar refractivity (Wildman–Crippen MR) is 126 cm³/mol. The first kappa shape index (κ1) is 20.1. The molecule has 0 aromatic heterocycles. The van der Waals surface area contributed by atoms with Crippen molar-refractivity contribution in [2.75, 3.05) is 30.0 Å². The van der Waals surface area contributed by atoms with E-state index in [1.165, 1.54) is 0 Å². The number of likely N-dealkylation sites (tertiary alicyclic amines) is 1. The van der Waals surface area contributed by atoms with Gasteiger partial charge in [-0.3, -0.25) is 4.79 Å². The standard InChI is InChI=1S/C26H26N4O2/c31-24-26(30(19-27-24)23-9-5-2-6-10-23)15-17-29(18-16-26)25(32)28-22-13-11-21(12-14-22)20-7-3-1-4-8-20/h1-14H,15-19H2,(H,27,31)(H,28,32). The highest BCUT2D eigenvalue weighted by molar-refractivity contribution is 5.94. The Balaban J connectivity index is 1.23. The predicted octanol–water partition coefficient (Wildman–Crippen LogP) is 4.31. The lowest BCUT2D eigenvalue weighted by molar-refractivity contribution is -0.124. The van der Waals surface area contributed by atoms with Crippen molar-refractivity contribution in [3.63, 3.8) is 0 Å². The zero-order valence-electron chi connectivity index (χ0n) is 17.8. The van der Waals surface area contributed by atoms with Gasteiger partial charge in [0.15, 0.2) is 0 Å². The van der Waals surface area contributed by atoms with E-state index >= 15 is 0 Å². The Bertz CT molecular complexity index is 1090. The molecular weight excluding hydrogens is 400 g/mol. The molecule has 162 valence electrons. The molecule has 2 aliphatic heterocycles. The fourth-order valence-corrected chi connectivity index (χ4v) is 4.69. The molecule has 6 nitrogen and oxygen atoms in total. The summed E-state index contributed by atoms with van der Waals surface area (Å²) in [5.74, 6) is 0.0536. The molecule has 2 aliphatic rings. The van der Waals surface area contributed by atoms with Gasteiger partial charge in [0.05, 0.1) is 6.67 Å². The third-order valence-electron chi connectivity index (χ3n) is 6.53. The van der Waals surface area contributed by atoms with E-state index in [9.17, 15) is 9.59 Å². The van der Waals surface area contributed by atoms with Gasteiger partial charge in [0.1, 0.15) is 5.54 Å². The van der Waals surface area contributed by atoms with E-state index in [0.717, 1.165) is 22.5 Å². The zero-order valence-corrected chi connectivity index (χ0v) is 17.8. The molecule has 2 fully saturated rings.